The van der Waals surface area contributed by atoms with Gasteiger partial charge in [0.05, 0.1) is 17.8 Å². The van der Waals surface area contributed by atoms with Gasteiger partial charge in [0.15, 0.2) is 0 Å². The lowest BCUT2D eigenvalue weighted by molar-refractivity contribution is 0.0621. The molecule has 0 heterocycles. The molecule has 0 aliphatic carbocycles. The number of carbonyl (C=O) groups excluding carboxylic acids is 1. The SMILES string of the molecule is CN(CC(F)F)C(=O)c1ccccc1NN. The van der Waals surface area contributed by atoms with Crippen molar-refractivity contribution in [3.05, 3.63) is 29.8 Å². The van der Waals surface area contributed by atoms with E-state index in [2.05, 4.69) is 5.43 Å². The predicted octanol–water partition coefficient (Wildman–Crippen LogP) is 1.31. The van der Waals surface area contributed by atoms with Crippen LogP contribution in [0.15, 0.2) is 24.3 Å². The van der Waals surface area contributed by atoms with Crippen molar-refractivity contribution < 1.29 is 13.6 Å². The second-order valence-electron chi connectivity index (χ2n) is 3.27. The Labute approximate surface area is 92.0 Å². The fourth-order valence-electron chi connectivity index (χ4n) is 1.29. The summed E-state index contributed by atoms with van der Waals surface area (Å²) < 4.78 is 24.2. The van der Waals surface area contributed by atoms with Gasteiger partial charge in [-0.3, -0.25) is 10.6 Å². The first-order chi connectivity index (χ1) is 7.56. The molecular formula is C10H13F2N3O. The number of hydrogen-bond donors (Lipinski definition) is 2. The normalized spacial score (nSPS) is 10.3. The van der Waals surface area contributed by atoms with Gasteiger partial charge in [-0.2, -0.15) is 0 Å². The summed E-state index contributed by atoms with van der Waals surface area (Å²) in [6, 6.07) is 6.46. The summed E-state index contributed by atoms with van der Waals surface area (Å²) in [7, 11) is 1.32. The second-order valence-corrected chi connectivity index (χ2v) is 3.27. The van der Waals surface area contributed by atoms with Crippen molar-refractivity contribution in [2.24, 2.45) is 5.84 Å². The summed E-state index contributed by atoms with van der Waals surface area (Å²) in [6.07, 6.45) is -2.55. The molecule has 0 saturated carbocycles. The molecule has 0 atom stereocenters. The van der Waals surface area contributed by atoms with Crippen LogP contribution >= 0.6 is 0 Å². The molecule has 1 rings (SSSR count). The topological polar surface area (TPSA) is 58.4 Å². The minimum Gasteiger partial charge on any atom is -0.336 e. The van der Waals surface area contributed by atoms with Gasteiger partial charge in [0, 0.05) is 7.05 Å². The lowest BCUT2D eigenvalue weighted by Gasteiger charge is -2.18. The number of halogens is 2. The quantitative estimate of drug-likeness (QED) is 0.604. The van der Waals surface area contributed by atoms with E-state index in [0.717, 1.165) is 4.90 Å². The standard InChI is InChI=1S/C10H13F2N3O/c1-15(6-9(11)12)10(16)7-4-2-3-5-8(7)14-13/h2-5,9,14H,6,13H2,1H3. The first-order valence-electron chi connectivity index (χ1n) is 4.65. The molecule has 6 heteroatoms. The molecule has 0 bridgehead atoms. The van der Waals surface area contributed by atoms with E-state index in [1.807, 2.05) is 0 Å². The van der Waals surface area contributed by atoms with E-state index in [-0.39, 0.29) is 5.56 Å². The third kappa shape index (κ3) is 2.90. The largest absolute Gasteiger partial charge is 0.336 e. The Kier molecular flexibility index (Phi) is 4.19. The monoisotopic (exact) mass is 229 g/mol. The van der Waals surface area contributed by atoms with Crippen LogP contribution in [0.3, 0.4) is 0 Å². The highest BCUT2D eigenvalue weighted by atomic mass is 19.3. The Morgan fingerprint density at radius 2 is 2.12 bits per heavy atom. The molecule has 1 aromatic carbocycles. The summed E-state index contributed by atoms with van der Waals surface area (Å²) in [4.78, 5) is 12.7. The number of nitrogens with two attached hydrogens (primary N) is 1. The highest BCUT2D eigenvalue weighted by Gasteiger charge is 2.17. The molecule has 0 saturated heterocycles. The molecule has 1 aromatic rings. The number of anilines is 1. The molecule has 0 aliphatic rings. The third-order valence-electron chi connectivity index (χ3n) is 2.07. The minimum atomic E-state index is -2.55. The molecule has 0 aliphatic heterocycles. The number of carbonyl (C=O) groups is 1. The summed E-state index contributed by atoms with van der Waals surface area (Å²) in [5.74, 6) is 4.73. The molecule has 0 aromatic heterocycles. The average molecular weight is 229 g/mol. The average Bonchev–Trinajstić information content (AvgIpc) is 2.27. The highest BCUT2D eigenvalue weighted by molar-refractivity contribution is 5.99. The molecular weight excluding hydrogens is 216 g/mol. The molecule has 0 radical (unpaired) electrons. The maximum Gasteiger partial charge on any atom is 0.255 e. The molecule has 3 N–H and O–H groups in total. The summed E-state index contributed by atoms with van der Waals surface area (Å²) in [5.41, 5.74) is 3.03. The number of rotatable bonds is 4. The first kappa shape index (κ1) is 12.4. The van der Waals surface area contributed by atoms with Crippen molar-refractivity contribution in [2.75, 3.05) is 19.0 Å². The van der Waals surface area contributed by atoms with Crippen molar-refractivity contribution in [3.63, 3.8) is 0 Å². The number of nitrogen functional groups attached to an aromatic ring is 1. The molecule has 0 fully saturated rings. The number of amides is 1. The molecule has 1 amide bonds. The zero-order chi connectivity index (χ0) is 12.1. The zero-order valence-corrected chi connectivity index (χ0v) is 8.78. The molecule has 0 spiro atoms. The van der Waals surface area contributed by atoms with Crippen LogP contribution in [0, 0.1) is 0 Å². The fourth-order valence-corrected chi connectivity index (χ4v) is 1.29. The van der Waals surface area contributed by atoms with Crippen LogP contribution in [0.25, 0.3) is 0 Å². The second kappa shape index (κ2) is 5.41. The van der Waals surface area contributed by atoms with Crippen molar-refractivity contribution >= 4 is 11.6 Å². The number of para-hydroxylation sites is 1. The highest BCUT2D eigenvalue weighted by Crippen LogP contribution is 2.15. The Morgan fingerprint density at radius 1 is 1.50 bits per heavy atom. The van der Waals surface area contributed by atoms with E-state index >= 15 is 0 Å². The van der Waals surface area contributed by atoms with Gasteiger partial charge in [0.25, 0.3) is 12.3 Å². The van der Waals surface area contributed by atoms with Gasteiger partial charge >= 0.3 is 0 Å². The van der Waals surface area contributed by atoms with Crippen LogP contribution in [-0.4, -0.2) is 30.8 Å². The number of nitrogens with one attached hydrogen (secondary N) is 1. The lowest BCUT2D eigenvalue weighted by atomic mass is 10.1. The maximum absolute atomic E-state index is 12.1. The van der Waals surface area contributed by atoms with Crippen molar-refractivity contribution in [3.8, 4) is 0 Å². The smallest absolute Gasteiger partial charge is 0.255 e. The summed E-state index contributed by atoms with van der Waals surface area (Å²) >= 11 is 0. The van der Waals surface area contributed by atoms with Gasteiger partial charge in [0.2, 0.25) is 0 Å². The van der Waals surface area contributed by atoms with Crippen LogP contribution in [0.4, 0.5) is 14.5 Å². The molecule has 16 heavy (non-hydrogen) atoms. The van der Waals surface area contributed by atoms with E-state index in [1.165, 1.54) is 13.1 Å². The van der Waals surface area contributed by atoms with Gasteiger partial charge in [-0.25, -0.2) is 8.78 Å². The Morgan fingerprint density at radius 3 is 2.69 bits per heavy atom. The van der Waals surface area contributed by atoms with Crippen molar-refractivity contribution in [1.82, 2.24) is 4.90 Å². The van der Waals surface area contributed by atoms with Crippen LogP contribution in [-0.2, 0) is 0 Å². The third-order valence-corrected chi connectivity index (χ3v) is 2.07. The fraction of sp³-hybridized carbons (Fsp3) is 0.300. The van der Waals surface area contributed by atoms with Crippen LogP contribution in [0.1, 0.15) is 10.4 Å². The summed E-state index contributed by atoms with van der Waals surface area (Å²) in [5, 5.41) is 0. The molecule has 88 valence electrons. The van der Waals surface area contributed by atoms with Crippen molar-refractivity contribution in [2.45, 2.75) is 6.43 Å². The maximum atomic E-state index is 12.1. The van der Waals surface area contributed by atoms with Crippen molar-refractivity contribution in [1.29, 1.82) is 0 Å². The Hall–Kier alpha value is -1.69. The summed E-state index contributed by atoms with van der Waals surface area (Å²) in [6.45, 7) is -0.599. The van der Waals surface area contributed by atoms with E-state index in [1.54, 1.807) is 18.2 Å². The Balaban J connectivity index is 2.87. The van der Waals surface area contributed by atoms with E-state index in [0.29, 0.717) is 5.69 Å². The predicted molar refractivity (Wildman–Crippen MR) is 57.2 cm³/mol. The van der Waals surface area contributed by atoms with E-state index in [4.69, 9.17) is 5.84 Å². The first-order valence-corrected chi connectivity index (χ1v) is 4.65. The number of alkyl halides is 2. The van der Waals surface area contributed by atoms with Gasteiger partial charge in [-0.1, -0.05) is 12.1 Å². The van der Waals surface area contributed by atoms with E-state index in [9.17, 15) is 13.6 Å². The number of benzene rings is 1. The van der Waals surface area contributed by atoms with Gasteiger partial charge < -0.3 is 10.3 Å². The molecule has 0 unspecified atom stereocenters. The van der Waals surface area contributed by atoms with Crippen LogP contribution < -0.4 is 11.3 Å². The van der Waals surface area contributed by atoms with Gasteiger partial charge in [-0.05, 0) is 12.1 Å². The van der Waals surface area contributed by atoms with Crippen LogP contribution in [0.5, 0.6) is 0 Å². The van der Waals surface area contributed by atoms with Crippen LogP contribution in [0.2, 0.25) is 0 Å². The van der Waals surface area contributed by atoms with Gasteiger partial charge in [0.1, 0.15) is 0 Å². The zero-order valence-electron chi connectivity index (χ0n) is 8.78. The minimum absolute atomic E-state index is 0.271. The van der Waals surface area contributed by atoms with Gasteiger partial charge in [-0.15, -0.1) is 0 Å². The Bertz CT molecular complexity index is 371. The lowest BCUT2D eigenvalue weighted by Crippen LogP contribution is -2.32. The number of nitrogens with zero attached hydrogens (tertiary/aromatic N) is 1. The number of hydrogen-bond acceptors (Lipinski definition) is 3. The van der Waals surface area contributed by atoms with E-state index < -0.39 is 18.9 Å². The molecule has 4 nitrogen and oxygen atoms in total. The number of hydrazine groups is 1.